The minimum absolute atomic E-state index is 1.08. The van der Waals surface area contributed by atoms with Crippen molar-refractivity contribution in [3.05, 3.63) is 181 Å². The third-order valence-electron chi connectivity index (χ3n) is 10.5. The van der Waals surface area contributed by atoms with E-state index >= 15 is 0 Å². The van der Waals surface area contributed by atoms with Crippen LogP contribution in [0.4, 0.5) is 0 Å². The summed E-state index contributed by atoms with van der Waals surface area (Å²) in [5, 5.41) is 10.7. The van der Waals surface area contributed by atoms with Gasteiger partial charge in [-0.05, 0) is 124 Å². The molecule has 0 nitrogen and oxygen atoms in total. The van der Waals surface area contributed by atoms with Crippen molar-refractivity contribution in [2.75, 3.05) is 0 Å². The van der Waals surface area contributed by atoms with Gasteiger partial charge in [0.1, 0.15) is 0 Å². The first-order valence-corrected chi connectivity index (χ1v) is 17.0. The number of hydrogen-bond acceptors (Lipinski definition) is 0. The Labute approximate surface area is 280 Å². The maximum Gasteiger partial charge on any atom is -0.00640 e. The Morgan fingerprint density at radius 2 is 0.792 bits per heavy atom. The van der Waals surface area contributed by atoms with Gasteiger partial charge in [0.15, 0.2) is 0 Å². The largest absolute Gasteiger partial charge is 0.0616 e. The molecule has 9 aromatic rings. The summed E-state index contributed by atoms with van der Waals surface area (Å²) in [4.78, 5) is 0. The van der Waals surface area contributed by atoms with E-state index in [1.54, 1.807) is 0 Å². The first kappa shape index (κ1) is 27.2. The van der Waals surface area contributed by atoms with Crippen LogP contribution in [0.5, 0.6) is 0 Å². The SMILES string of the molecule is c1cc(-c2ccc3ccccc3c2)cc(-c2ccc3c4c2ccc2c(-c5ccc(-c6cccc7ccccc67)cc5)ccc(c24)CC3)c1. The topological polar surface area (TPSA) is 0 Å². The fourth-order valence-corrected chi connectivity index (χ4v) is 8.16. The average molecular weight is 609 g/mol. The Kier molecular flexibility index (Phi) is 6.11. The summed E-state index contributed by atoms with van der Waals surface area (Å²) in [6.07, 6.45) is 2.17. The lowest BCUT2D eigenvalue weighted by atomic mass is 9.81. The molecule has 0 aromatic heterocycles. The van der Waals surface area contributed by atoms with Crippen molar-refractivity contribution in [1.29, 1.82) is 0 Å². The number of benzene rings is 9. The van der Waals surface area contributed by atoms with Crippen LogP contribution in [-0.4, -0.2) is 0 Å². The Morgan fingerprint density at radius 1 is 0.271 bits per heavy atom. The number of rotatable bonds is 4. The van der Waals surface area contributed by atoms with Gasteiger partial charge in [0.05, 0.1) is 0 Å². The molecule has 0 N–H and O–H groups in total. The third kappa shape index (κ3) is 4.30. The van der Waals surface area contributed by atoms with Gasteiger partial charge in [-0.3, -0.25) is 0 Å². The molecule has 1 aliphatic rings. The first-order valence-electron chi connectivity index (χ1n) is 17.0. The molecule has 0 unspecified atom stereocenters. The molecule has 10 rings (SSSR count). The van der Waals surface area contributed by atoms with Gasteiger partial charge in [-0.1, -0.05) is 158 Å². The quantitative estimate of drug-likeness (QED) is 0.174. The molecule has 0 spiro atoms. The maximum absolute atomic E-state index is 2.38. The van der Waals surface area contributed by atoms with Crippen LogP contribution in [0.3, 0.4) is 0 Å². The van der Waals surface area contributed by atoms with Crippen molar-refractivity contribution in [2.24, 2.45) is 0 Å². The molecule has 48 heavy (non-hydrogen) atoms. The minimum atomic E-state index is 1.08. The molecular weight excluding hydrogens is 577 g/mol. The number of aryl methyl sites for hydroxylation is 2. The van der Waals surface area contributed by atoms with Gasteiger partial charge in [-0.15, -0.1) is 0 Å². The predicted molar refractivity (Wildman–Crippen MR) is 206 cm³/mol. The molecule has 0 saturated heterocycles. The zero-order chi connectivity index (χ0) is 31.6. The van der Waals surface area contributed by atoms with Crippen LogP contribution in [-0.2, 0) is 12.8 Å². The minimum Gasteiger partial charge on any atom is -0.0616 e. The van der Waals surface area contributed by atoms with Gasteiger partial charge in [-0.25, -0.2) is 0 Å². The molecular formula is C48H32. The molecule has 0 amide bonds. The van der Waals surface area contributed by atoms with Crippen molar-refractivity contribution < 1.29 is 0 Å². The van der Waals surface area contributed by atoms with Gasteiger partial charge in [-0.2, -0.15) is 0 Å². The summed E-state index contributed by atoms with van der Waals surface area (Å²) in [5.74, 6) is 0. The van der Waals surface area contributed by atoms with E-state index in [0.29, 0.717) is 0 Å². The molecule has 0 aliphatic heterocycles. The number of fused-ring (bicyclic) bond motifs is 2. The van der Waals surface area contributed by atoms with E-state index in [0.717, 1.165) is 12.8 Å². The summed E-state index contributed by atoms with van der Waals surface area (Å²) in [7, 11) is 0. The van der Waals surface area contributed by atoms with E-state index in [-0.39, 0.29) is 0 Å². The highest BCUT2D eigenvalue weighted by atomic mass is 14.2. The summed E-state index contributed by atoms with van der Waals surface area (Å²) < 4.78 is 0. The maximum atomic E-state index is 2.38. The van der Waals surface area contributed by atoms with Crippen LogP contribution in [0.2, 0.25) is 0 Å². The van der Waals surface area contributed by atoms with E-state index < -0.39 is 0 Å². The molecule has 9 aromatic carbocycles. The van der Waals surface area contributed by atoms with Crippen LogP contribution < -0.4 is 0 Å². The van der Waals surface area contributed by atoms with E-state index in [9.17, 15) is 0 Å². The Hall–Kier alpha value is -5.98. The second-order valence-electron chi connectivity index (χ2n) is 13.2. The van der Waals surface area contributed by atoms with Gasteiger partial charge in [0.2, 0.25) is 0 Å². The summed E-state index contributed by atoms with van der Waals surface area (Å²) in [6, 6.07) is 63.1. The molecule has 0 heteroatoms. The van der Waals surface area contributed by atoms with Crippen molar-refractivity contribution >= 4 is 43.1 Å². The van der Waals surface area contributed by atoms with Gasteiger partial charge in [0, 0.05) is 0 Å². The zero-order valence-electron chi connectivity index (χ0n) is 26.6. The Bertz CT molecular complexity index is 2700. The molecule has 0 saturated carbocycles. The van der Waals surface area contributed by atoms with E-state index in [1.807, 2.05) is 0 Å². The Morgan fingerprint density at radius 3 is 1.52 bits per heavy atom. The molecule has 0 bridgehead atoms. The first-order chi connectivity index (χ1) is 23.8. The van der Waals surface area contributed by atoms with Crippen LogP contribution in [0.15, 0.2) is 170 Å². The zero-order valence-corrected chi connectivity index (χ0v) is 26.6. The van der Waals surface area contributed by atoms with Gasteiger partial charge in [0.25, 0.3) is 0 Å². The normalized spacial score (nSPS) is 12.4. The highest BCUT2D eigenvalue weighted by Gasteiger charge is 2.20. The summed E-state index contributed by atoms with van der Waals surface area (Å²) >= 11 is 0. The molecule has 0 atom stereocenters. The Balaban J connectivity index is 1.09. The van der Waals surface area contributed by atoms with Crippen LogP contribution >= 0.6 is 0 Å². The average Bonchev–Trinajstić information content (AvgIpc) is 3.16. The fourth-order valence-electron chi connectivity index (χ4n) is 8.16. The van der Waals surface area contributed by atoms with Crippen LogP contribution in [0, 0.1) is 0 Å². The second kappa shape index (κ2) is 10.8. The molecule has 0 fully saturated rings. The smallest absolute Gasteiger partial charge is 0.00640 e. The van der Waals surface area contributed by atoms with Gasteiger partial charge >= 0.3 is 0 Å². The van der Waals surface area contributed by atoms with Crippen LogP contribution in [0.1, 0.15) is 11.1 Å². The molecule has 0 radical (unpaired) electrons. The van der Waals surface area contributed by atoms with Crippen molar-refractivity contribution in [2.45, 2.75) is 12.8 Å². The highest BCUT2D eigenvalue weighted by Crippen LogP contribution is 2.44. The standard InChI is InChI=1S/C48H32/c1-2-9-37-29-39(22-15-31(37)7-1)38-11-5-12-40(30-38)44-26-24-36-21-20-35-23-25-43(45-27-28-46(44)48(36)47(35)45)34-18-16-33(17-19-34)42-14-6-10-32-8-3-4-13-41(32)42/h1-19,22-30H,20-21H2. The molecule has 1 aliphatic carbocycles. The van der Waals surface area contributed by atoms with Crippen molar-refractivity contribution in [3.63, 3.8) is 0 Å². The van der Waals surface area contributed by atoms with E-state index in [2.05, 4.69) is 170 Å². The molecule has 0 heterocycles. The number of hydrogen-bond donors (Lipinski definition) is 0. The van der Waals surface area contributed by atoms with E-state index in [1.165, 1.54) is 98.7 Å². The monoisotopic (exact) mass is 608 g/mol. The summed E-state index contributed by atoms with van der Waals surface area (Å²) in [5.41, 5.74) is 13.1. The lowest BCUT2D eigenvalue weighted by Gasteiger charge is -2.22. The predicted octanol–water partition coefficient (Wildman–Crippen LogP) is 13.1. The lowest BCUT2D eigenvalue weighted by molar-refractivity contribution is 0.968. The van der Waals surface area contributed by atoms with Crippen molar-refractivity contribution in [1.82, 2.24) is 0 Å². The van der Waals surface area contributed by atoms with Gasteiger partial charge < -0.3 is 0 Å². The van der Waals surface area contributed by atoms with Crippen molar-refractivity contribution in [3.8, 4) is 44.5 Å². The highest BCUT2D eigenvalue weighted by molar-refractivity contribution is 6.18. The molecule has 224 valence electrons. The summed E-state index contributed by atoms with van der Waals surface area (Å²) in [6.45, 7) is 0. The van der Waals surface area contributed by atoms with E-state index in [4.69, 9.17) is 0 Å². The lowest BCUT2D eigenvalue weighted by Crippen LogP contribution is -2.02. The third-order valence-corrected chi connectivity index (χ3v) is 10.5. The van der Waals surface area contributed by atoms with Crippen LogP contribution in [0.25, 0.3) is 87.6 Å². The fraction of sp³-hybridized carbons (Fsp3) is 0.0417. The second-order valence-corrected chi connectivity index (χ2v) is 13.2.